The molecule has 1 aliphatic heterocycles. The van der Waals surface area contributed by atoms with Crippen LogP contribution in [0.25, 0.3) is 0 Å². The molecule has 2 aliphatic rings. The molecule has 0 atom stereocenters. The van der Waals surface area contributed by atoms with E-state index in [-0.39, 0.29) is 11.3 Å². The van der Waals surface area contributed by atoms with Crippen molar-refractivity contribution in [2.75, 3.05) is 17.2 Å². The summed E-state index contributed by atoms with van der Waals surface area (Å²) in [5, 5.41) is 0. The predicted octanol–water partition coefficient (Wildman–Crippen LogP) is 3.07. The van der Waals surface area contributed by atoms with Gasteiger partial charge in [0.15, 0.2) is 0 Å². The fourth-order valence-electron chi connectivity index (χ4n) is 2.74. The van der Waals surface area contributed by atoms with Gasteiger partial charge in [-0.05, 0) is 48.5 Å². The van der Waals surface area contributed by atoms with Gasteiger partial charge in [-0.2, -0.15) is 12.6 Å². The second-order valence-corrected chi connectivity index (χ2v) is 5.94. The molecule has 1 fully saturated rings. The number of thiol groups is 1. The van der Waals surface area contributed by atoms with Crippen molar-refractivity contribution < 1.29 is 4.79 Å². The molecule has 3 rings (SSSR count). The molecule has 0 radical (unpaired) electrons. The zero-order chi connectivity index (χ0) is 12.6. The van der Waals surface area contributed by atoms with Crippen molar-refractivity contribution in [2.24, 2.45) is 5.41 Å². The van der Waals surface area contributed by atoms with Crippen LogP contribution >= 0.6 is 12.6 Å². The average Bonchev–Trinajstić information content (AvgIpc) is 3.18. The maximum atomic E-state index is 12.3. The number of carbonyl (C=O) groups is 1. The van der Waals surface area contributed by atoms with Crippen molar-refractivity contribution in [2.45, 2.75) is 32.1 Å². The molecule has 0 N–H and O–H groups in total. The maximum absolute atomic E-state index is 12.3. The van der Waals surface area contributed by atoms with E-state index < -0.39 is 0 Å². The third kappa shape index (κ3) is 2.16. The van der Waals surface area contributed by atoms with Crippen LogP contribution in [0.2, 0.25) is 0 Å². The number of rotatable bonds is 3. The number of fused-ring (bicyclic) bond motifs is 1. The minimum Gasteiger partial charge on any atom is -0.312 e. The lowest BCUT2D eigenvalue weighted by atomic mass is 10.1. The van der Waals surface area contributed by atoms with Gasteiger partial charge in [-0.1, -0.05) is 18.2 Å². The Labute approximate surface area is 114 Å². The van der Waals surface area contributed by atoms with Crippen LogP contribution in [-0.2, 0) is 11.2 Å². The predicted molar refractivity (Wildman–Crippen MR) is 77.3 cm³/mol. The van der Waals surface area contributed by atoms with E-state index in [1.165, 1.54) is 18.4 Å². The molecule has 0 saturated heterocycles. The summed E-state index contributed by atoms with van der Waals surface area (Å²) in [6, 6.07) is 8.34. The Bertz CT molecular complexity index is 467. The van der Waals surface area contributed by atoms with Gasteiger partial charge in [0.2, 0.25) is 5.91 Å². The number of amides is 1. The van der Waals surface area contributed by atoms with E-state index in [2.05, 4.69) is 30.8 Å². The number of hydrogen-bond donors (Lipinski definition) is 1. The Balaban J connectivity index is 1.92. The minimum absolute atomic E-state index is 0.285. The Morgan fingerprint density at radius 3 is 2.72 bits per heavy atom. The second-order valence-electron chi connectivity index (χ2n) is 5.62. The molecular weight excluding hydrogens is 242 g/mol. The molecule has 1 amide bonds. The van der Waals surface area contributed by atoms with Crippen molar-refractivity contribution >= 4 is 24.2 Å². The standard InChI is InChI=1S/C15H19NOS/c17-14-7-3-5-12-4-1-2-6-13(12)16(14)10-15(11-18)8-9-15/h1-2,4,6,18H,3,5,7-11H2. The van der Waals surface area contributed by atoms with E-state index in [1.54, 1.807) is 0 Å². The largest absolute Gasteiger partial charge is 0.312 e. The van der Waals surface area contributed by atoms with E-state index in [1.807, 2.05) is 11.0 Å². The summed E-state index contributed by atoms with van der Waals surface area (Å²) in [5.74, 6) is 1.17. The lowest BCUT2D eigenvalue weighted by molar-refractivity contribution is -0.118. The number of carbonyl (C=O) groups excluding carboxylic acids is 1. The van der Waals surface area contributed by atoms with E-state index in [0.717, 1.165) is 30.8 Å². The average molecular weight is 261 g/mol. The Morgan fingerprint density at radius 1 is 1.22 bits per heavy atom. The molecule has 0 spiro atoms. The number of benzene rings is 1. The van der Waals surface area contributed by atoms with Gasteiger partial charge < -0.3 is 4.90 Å². The molecule has 1 aromatic carbocycles. The highest BCUT2D eigenvalue weighted by atomic mass is 32.1. The number of aryl methyl sites for hydroxylation is 1. The molecule has 2 nitrogen and oxygen atoms in total. The Kier molecular flexibility index (Phi) is 3.10. The molecular formula is C15H19NOS. The van der Waals surface area contributed by atoms with Gasteiger partial charge in [0.1, 0.15) is 0 Å². The molecule has 1 aromatic rings. The smallest absolute Gasteiger partial charge is 0.227 e. The van der Waals surface area contributed by atoms with Crippen molar-refractivity contribution in [1.82, 2.24) is 0 Å². The monoisotopic (exact) mass is 261 g/mol. The third-order valence-electron chi connectivity index (χ3n) is 4.21. The lowest BCUT2D eigenvalue weighted by Gasteiger charge is -2.27. The fraction of sp³-hybridized carbons (Fsp3) is 0.533. The van der Waals surface area contributed by atoms with E-state index in [0.29, 0.717) is 6.42 Å². The van der Waals surface area contributed by atoms with Gasteiger partial charge in [0.25, 0.3) is 0 Å². The second kappa shape index (κ2) is 4.61. The molecule has 1 heterocycles. The Hall–Kier alpha value is -0.960. The summed E-state index contributed by atoms with van der Waals surface area (Å²) >= 11 is 4.45. The topological polar surface area (TPSA) is 20.3 Å². The van der Waals surface area contributed by atoms with Gasteiger partial charge in [-0.15, -0.1) is 0 Å². The number of anilines is 1. The van der Waals surface area contributed by atoms with Crippen LogP contribution in [0.1, 0.15) is 31.2 Å². The van der Waals surface area contributed by atoms with Crippen molar-refractivity contribution in [1.29, 1.82) is 0 Å². The first-order valence-electron chi connectivity index (χ1n) is 6.73. The van der Waals surface area contributed by atoms with Crippen LogP contribution in [0.3, 0.4) is 0 Å². The summed E-state index contributed by atoms with van der Waals surface area (Å²) in [4.78, 5) is 14.3. The first-order chi connectivity index (χ1) is 8.74. The summed E-state index contributed by atoms with van der Waals surface area (Å²) in [6.07, 6.45) is 5.09. The summed E-state index contributed by atoms with van der Waals surface area (Å²) in [6.45, 7) is 0.854. The normalized spacial score (nSPS) is 21.4. The Morgan fingerprint density at radius 2 is 2.00 bits per heavy atom. The zero-order valence-corrected chi connectivity index (χ0v) is 11.5. The molecule has 0 aromatic heterocycles. The van der Waals surface area contributed by atoms with E-state index >= 15 is 0 Å². The highest BCUT2D eigenvalue weighted by molar-refractivity contribution is 7.80. The maximum Gasteiger partial charge on any atom is 0.227 e. The SMILES string of the molecule is O=C1CCCc2ccccc2N1CC1(CS)CC1. The zero-order valence-electron chi connectivity index (χ0n) is 10.6. The van der Waals surface area contributed by atoms with Crippen LogP contribution in [0.15, 0.2) is 24.3 Å². The molecule has 96 valence electrons. The lowest BCUT2D eigenvalue weighted by Crippen LogP contribution is -2.36. The van der Waals surface area contributed by atoms with Gasteiger partial charge in [0, 0.05) is 18.7 Å². The molecule has 0 unspecified atom stereocenters. The molecule has 0 bridgehead atoms. The van der Waals surface area contributed by atoms with E-state index in [4.69, 9.17) is 0 Å². The highest BCUT2D eigenvalue weighted by Crippen LogP contribution is 2.48. The number of hydrogen-bond acceptors (Lipinski definition) is 2. The first kappa shape index (κ1) is 12.1. The van der Waals surface area contributed by atoms with Crippen molar-refractivity contribution in [3.05, 3.63) is 29.8 Å². The van der Waals surface area contributed by atoms with Gasteiger partial charge in [-0.25, -0.2) is 0 Å². The molecule has 18 heavy (non-hydrogen) atoms. The van der Waals surface area contributed by atoms with Gasteiger partial charge >= 0.3 is 0 Å². The van der Waals surface area contributed by atoms with Gasteiger partial charge in [0.05, 0.1) is 0 Å². The number of nitrogens with zero attached hydrogens (tertiary/aromatic N) is 1. The van der Waals surface area contributed by atoms with Crippen LogP contribution in [-0.4, -0.2) is 18.2 Å². The molecule has 1 aliphatic carbocycles. The third-order valence-corrected chi connectivity index (χ3v) is 4.88. The van der Waals surface area contributed by atoms with Crippen LogP contribution in [0.4, 0.5) is 5.69 Å². The quantitative estimate of drug-likeness (QED) is 0.829. The highest BCUT2D eigenvalue weighted by Gasteiger charge is 2.44. The van der Waals surface area contributed by atoms with Gasteiger partial charge in [-0.3, -0.25) is 4.79 Å². The van der Waals surface area contributed by atoms with Crippen LogP contribution in [0.5, 0.6) is 0 Å². The van der Waals surface area contributed by atoms with Crippen LogP contribution < -0.4 is 4.90 Å². The van der Waals surface area contributed by atoms with Crippen molar-refractivity contribution in [3.8, 4) is 0 Å². The van der Waals surface area contributed by atoms with E-state index in [9.17, 15) is 4.79 Å². The summed E-state index contributed by atoms with van der Waals surface area (Å²) in [5.41, 5.74) is 2.74. The summed E-state index contributed by atoms with van der Waals surface area (Å²) < 4.78 is 0. The molecule has 3 heteroatoms. The minimum atomic E-state index is 0.285. The summed E-state index contributed by atoms with van der Waals surface area (Å²) in [7, 11) is 0. The fourth-order valence-corrected chi connectivity index (χ4v) is 3.15. The first-order valence-corrected chi connectivity index (χ1v) is 7.36. The van der Waals surface area contributed by atoms with Crippen molar-refractivity contribution in [3.63, 3.8) is 0 Å². The van der Waals surface area contributed by atoms with Crippen LogP contribution in [0, 0.1) is 5.41 Å². The molecule has 1 saturated carbocycles. The number of para-hydroxylation sites is 1.